The van der Waals surface area contributed by atoms with Gasteiger partial charge in [-0.3, -0.25) is 4.90 Å². The van der Waals surface area contributed by atoms with Crippen LogP contribution in [0.1, 0.15) is 20.3 Å². The smallest absolute Gasteiger partial charge is 0.0110 e. The molecule has 112 valence electrons. The van der Waals surface area contributed by atoms with Crippen molar-refractivity contribution in [1.29, 1.82) is 0 Å². The molecule has 0 spiro atoms. The van der Waals surface area contributed by atoms with Crippen LogP contribution >= 0.6 is 0 Å². The van der Waals surface area contributed by atoms with E-state index in [0.29, 0.717) is 0 Å². The molecule has 1 unspecified atom stereocenters. The first-order valence-corrected chi connectivity index (χ1v) is 8.01. The first kappa shape index (κ1) is 15.2. The maximum atomic E-state index is 3.66. The minimum atomic E-state index is 0.718. The summed E-state index contributed by atoms with van der Waals surface area (Å²) in [6.07, 6.45) is 1.37. The molecule has 0 radical (unpaired) electrons. The van der Waals surface area contributed by atoms with Gasteiger partial charge in [0.25, 0.3) is 0 Å². The van der Waals surface area contributed by atoms with Crippen LogP contribution in [0.3, 0.4) is 0 Å². The Hall–Kier alpha value is -0.160. The maximum Gasteiger partial charge on any atom is 0.0110 e. The summed E-state index contributed by atoms with van der Waals surface area (Å²) >= 11 is 0. The van der Waals surface area contributed by atoms with Gasteiger partial charge in [-0.2, -0.15) is 0 Å². The molecule has 0 aromatic carbocycles. The van der Waals surface area contributed by atoms with Crippen LogP contribution in [0.2, 0.25) is 0 Å². The molecular formula is C15H32N4. The largest absolute Gasteiger partial charge is 0.315 e. The molecule has 0 saturated carbocycles. The van der Waals surface area contributed by atoms with Gasteiger partial charge in [0.1, 0.15) is 0 Å². The highest BCUT2D eigenvalue weighted by Crippen LogP contribution is 2.17. The summed E-state index contributed by atoms with van der Waals surface area (Å²) in [5, 5.41) is 3.66. The highest BCUT2D eigenvalue weighted by Gasteiger charge is 2.23. The predicted molar refractivity (Wildman–Crippen MR) is 81.6 cm³/mol. The van der Waals surface area contributed by atoms with Crippen LogP contribution in [-0.2, 0) is 0 Å². The lowest BCUT2D eigenvalue weighted by Gasteiger charge is -2.32. The molecule has 1 atom stereocenters. The summed E-state index contributed by atoms with van der Waals surface area (Å²) in [5.74, 6) is 0.870. The van der Waals surface area contributed by atoms with Crippen LogP contribution in [0.15, 0.2) is 0 Å². The summed E-state index contributed by atoms with van der Waals surface area (Å²) in [6.45, 7) is 15.7. The zero-order valence-corrected chi connectivity index (χ0v) is 13.1. The van der Waals surface area contributed by atoms with E-state index in [2.05, 4.69) is 40.9 Å². The standard InChI is InChI=1S/C15H32N4/c1-14(2)19-6-4-15(13-19)12-16-5-7-18-10-8-17(3)9-11-18/h14-16H,4-13H2,1-3H3. The number of hydrogen-bond acceptors (Lipinski definition) is 4. The van der Waals surface area contributed by atoms with E-state index in [4.69, 9.17) is 0 Å². The second-order valence-corrected chi connectivity index (χ2v) is 6.59. The van der Waals surface area contributed by atoms with Crippen molar-refractivity contribution < 1.29 is 0 Å². The van der Waals surface area contributed by atoms with Gasteiger partial charge in [-0.1, -0.05) is 0 Å². The van der Waals surface area contributed by atoms with E-state index in [1.54, 1.807) is 0 Å². The van der Waals surface area contributed by atoms with Crippen molar-refractivity contribution in [2.75, 3.05) is 66.0 Å². The summed E-state index contributed by atoms with van der Waals surface area (Å²) in [6, 6.07) is 0.718. The maximum absolute atomic E-state index is 3.66. The minimum Gasteiger partial charge on any atom is -0.315 e. The van der Waals surface area contributed by atoms with Crippen molar-refractivity contribution in [3.63, 3.8) is 0 Å². The van der Waals surface area contributed by atoms with E-state index in [-0.39, 0.29) is 0 Å². The summed E-state index contributed by atoms with van der Waals surface area (Å²) in [7, 11) is 2.22. The minimum absolute atomic E-state index is 0.718. The molecule has 0 aromatic rings. The third-order valence-electron chi connectivity index (χ3n) is 4.68. The van der Waals surface area contributed by atoms with Gasteiger partial charge in [-0.05, 0) is 46.3 Å². The SMILES string of the molecule is CC(C)N1CCC(CNCCN2CCN(C)CC2)C1. The average Bonchev–Trinajstić information content (AvgIpc) is 2.86. The predicted octanol–water partition coefficient (Wildman–Crippen LogP) is 0.554. The van der Waals surface area contributed by atoms with Gasteiger partial charge in [0, 0.05) is 51.9 Å². The van der Waals surface area contributed by atoms with Crippen molar-refractivity contribution in [3.8, 4) is 0 Å². The van der Waals surface area contributed by atoms with E-state index in [1.165, 1.54) is 58.8 Å². The lowest BCUT2D eigenvalue weighted by molar-refractivity contribution is 0.154. The fraction of sp³-hybridized carbons (Fsp3) is 1.00. The third kappa shape index (κ3) is 5.03. The molecule has 2 aliphatic heterocycles. The second-order valence-electron chi connectivity index (χ2n) is 6.59. The van der Waals surface area contributed by atoms with Gasteiger partial charge < -0.3 is 15.1 Å². The Morgan fingerprint density at radius 1 is 1.11 bits per heavy atom. The number of hydrogen-bond donors (Lipinski definition) is 1. The summed E-state index contributed by atoms with van der Waals surface area (Å²) in [5.41, 5.74) is 0. The lowest BCUT2D eigenvalue weighted by Crippen LogP contribution is -2.46. The number of nitrogens with one attached hydrogen (secondary N) is 1. The zero-order valence-electron chi connectivity index (χ0n) is 13.1. The fourth-order valence-electron chi connectivity index (χ4n) is 3.11. The van der Waals surface area contributed by atoms with Crippen LogP contribution in [0.4, 0.5) is 0 Å². The number of likely N-dealkylation sites (N-methyl/N-ethyl adjacent to an activating group) is 1. The molecule has 0 aromatic heterocycles. The summed E-state index contributed by atoms with van der Waals surface area (Å²) in [4.78, 5) is 7.61. The Morgan fingerprint density at radius 2 is 1.84 bits per heavy atom. The molecule has 19 heavy (non-hydrogen) atoms. The number of rotatable bonds is 6. The van der Waals surface area contributed by atoms with Crippen LogP contribution in [0.25, 0.3) is 0 Å². The van der Waals surface area contributed by atoms with Gasteiger partial charge in [0.15, 0.2) is 0 Å². The van der Waals surface area contributed by atoms with E-state index in [0.717, 1.165) is 18.5 Å². The molecule has 2 saturated heterocycles. The Bertz CT molecular complexity index is 249. The second kappa shape index (κ2) is 7.58. The van der Waals surface area contributed by atoms with Crippen LogP contribution in [0.5, 0.6) is 0 Å². The van der Waals surface area contributed by atoms with Crippen molar-refractivity contribution in [1.82, 2.24) is 20.0 Å². The Kier molecular flexibility index (Phi) is 6.07. The molecule has 1 N–H and O–H groups in total. The van der Waals surface area contributed by atoms with E-state index in [9.17, 15) is 0 Å². The highest BCUT2D eigenvalue weighted by atomic mass is 15.2. The van der Waals surface area contributed by atoms with Crippen molar-refractivity contribution in [2.24, 2.45) is 5.92 Å². The van der Waals surface area contributed by atoms with Gasteiger partial charge in [0.05, 0.1) is 0 Å². The molecule has 0 bridgehead atoms. The Balaban J connectivity index is 1.51. The van der Waals surface area contributed by atoms with Crippen LogP contribution in [0, 0.1) is 5.92 Å². The van der Waals surface area contributed by atoms with Gasteiger partial charge in [-0.25, -0.2) is 0 Å². The van der Waals surface area contributed by atoms with Gasteiger partial charge in [0.2, 0.25) is 0 Å². The lowest BCUT2D eigenvalue weighted by atomic mass is 10.1. The molecule has 0 amide bonds. The zero-order chi connectivity index (χ0) is 13.7. The molecule has 2 rings (SSSR count). The first-order valence-electron chi connectivity index (χ1n) is 8.01. The van der Waals surface area contributed by atoms with E-state index >= 15 is 0 Å². The molecule has 2 heterocycles. The molecule has 2 aliphatic rings. The van der Waals surface area contributed by atoms with Crippen molar-refractivity contribution in [2.45, 2.75) is 26.3 Å². The van der Waals surface area contributed by atoms with E-state index < -0.39 is 0 Å². The van der Waals surface area contributed by atoms with Crippen molar-refractivity contribution in [3.05, 3.63) is 0 Å². The van der Waals surface area contributed by atoms with Crippen LogP contribution < -0.4 is 5.32 Å². The van der Waals surface area contributed by atoms with Gasteiger partial charge in [-0.15, -0.1) is 0 Å². The quantitative estimate of drug-likeness (QED) is 0.710. The molecule has 0 aliphatic carbocycles. The normalized spacial score (nSPS) is 27.5. The molecule has 4 nitrogen and oxygen atoms in total. The topological polar surface area (TPSA) is 21.8 Å². The third-order valence-corrected chi connectivity index (χ3v) is 4.68. The number of likely N-dealkylation sites (tertiary alicyclic amines) is 1. The Labute approximate surface area is 119 Å². The molecule has 4 heteroatoms. The molecular weight excluding hydrogens is 236 g/mol. The van der Waals surface area contributed by atoms with E-state index in [1.807, 2.05) is 0 Å². The number of nitrogens with zero attached hydrogens (tertiary/aromatic N) is 3. The van der Waals surface area contributed by atoms with Crippen LogP contribution in [-0.4, -0.2) is 86.7 Å². The monoisotopic (exact) mass is 268 g/mol. The number of piperazine rings is 1. The van der Waals surface area contributed by atoms with Crippen molar-refractivity contribution >= 4 is 0 Å². The summed E-state index contributed by atoms with van der Waals surface area (Å²) < 4.78 is 0. The fourth-order valence-corrected chi connectivity index (χ4v) is 3.11. The van der Waals surface area contributed by atoms with Gasteiger partial charge >= 0.3 is 0 Å². The average molecular weight is 268 g/mol. The molecule has 2 fully saturated rings. The Morgan fingerprint density at radius 3 is 2.47 bits per heavy atom. The highest BCUT2D eigenvalue weighted by molar-refractivity contribution is 4.79. The first-order chi connectivity index (χ1) is 9.15.